The Morgan fingerprint density at radius 2 is 1.75 bits per heavy atom. The van der Waals surface area contributed by atoms with Gasteiger partial charge in [0.25, 0.3) is 0 Å². The lowest BCUT2D eigenvalue weighted by atomic mass is 9.73. The Labute approximate surface area is 122 Å². The van der Waals surface area contributed by atoms with Crippen molar-refractivity contribution < 1.29 is 4.79 Å². The SMILES string of the molecule is CC1=CC(C(C)(C)C)C(C(C)C(=O)c2ccccc2)=C1. The van der Waals surface area contributed by atoms with Crippen LogP contribution < -0.4 is 0 Å². The third-order valence-corrected chi connectivity index (χ3v) is 4.07. The highest BCUT2D eigenvalue weighted by molar-refractivity contribution is 5.99. The summed E-state index contributed by atoms with van der Waals surface area (Å²) >= 11 is 0. The number of allylic oxidation sites excluding steroid dienone is 4. The van der Waals surface area contributed by atoms with Gasteiger partial charge in [-0.2, -0.15) is 0 Å². The normalized spacial score (nSPS) is 20.4. The monoisotopic (exact) mass is 268 g/mol. The van der Waals surface area contributed by atoms with Crippen molar-refractivity contribution in [1.82, 2.24) is 0 Å². The molecule has 0 bridgehead atoms. The van der Waals surface area contributed by atoms with Crippen molar-refractivity contribution in [3.05, 3.63) is 59.2 Å². The van der Waals surface area contributed by atoms with E-state index in [-0.39, 0.29) is 17.1 Å². The number of benzene rings is 1. The molecule has 106 valence electrons. The van der Waals surface area contributed by atoms with Gasteiger partial charge in [-0.15, -0.1) is 0 Å². The van der Waals surface area contributed by atoms with E-state index in [1.807, 2.05) is 37.3 Å². The fourth-order valence-electron chi connectivity index (χ4n) is 2.91. The van der Waals surface area contributed by atoms with Gasteiger partial charge in [-0.3, -0.25) is 4.79 Å². The molecule has 0 aliphatic heterocycles. The third kappa shape index (κ3) is 2.92. The molecule has 0 N–H and O–H groups in total. The summed E-state index contributed by atoms with van der Waals surface area (Å²) in [6, 6.07) is 9.60. The van der Waals surface area contributed by atoms with Crippen LogP contribution in [0.4, 0.5) is 0 Å². The lowest BCUT2D eigenvalue weighted by molar-refractivity contribution is 0.0940. The smallest absolute Gasteiger partial charge is 0.169 e. The summed E-state index contributed by atoms with van der Waals surface area (Å²) in [5.74, 6) is 0.509. The van der Waals surface area contributed by atoms with Gasteiger partial charge in [-0.25, -0.2) is 0 Å². The van der Waals surface area contributed by atoms with Gasteiger partial charge in [0.2, 0.25) is 0 Å². The van der Waals surface area contributed by atoms with Crippen molar-refractivity contribution in [2.75, 3.05) is 0 Å². The van der Waals surface area contributed by atoms with Crippen LogP contribution in [0, 0.1) is 17.3 Å². The Morgan fingerprint density at radius 1 is 1.15 bits per heavy atom. The van der Waals surface area contributed by atoms with E-state index in [0.717, 1.165) is 5.56 Å². The van der Waals surface area contributed by atoms with Crippen LogP contribution in [-0.4, -0.2) is 5.78 Å². The molecule has 1 aliphatic carbocycles. The van der Waals surface area contributed by atoms with Crippen molar-refractivity contribution >= 4 is 5.78 Å². The number of Topliss-reactive ketones (excluding diaryl/α,β-unsaturated/α-hetero) is 1. The predicted octanol–water partition coefficient (Wildman–Crippen LogP) is 5.05. The Morgan fingerprint density at radius 3 is 2.30 bits per heavy atom. The number of carbonyl (C=O) groups is 1. The first kappa shape index (κ1) is 14.8. The highest BCUT2D eigenvalue weighted by atomic mass is 16.1. The van der Waals surface area contributed by atoms with Gasteiger partial charge in [0.15, 0.2) is 5.78 Å². The van der Waals surface area contributed by atoms with Gasteiger partial charge in [0.05, 0.1) is 0 Å². The number of ketones is 1. The molecule has 20 heavy (non-hydrogen) atoms. The standard InChI is InChI=1S/C19H24O/c1-13-11-16(17(12-13)19(3,4)5)14(2)18(20)15-9-7-6-8-10-15/h6-12,14,17H,1-5H3. The van der Waals surface area contributed by atoms with Crippen LogP contribution in [0.25, 0.3) is 0 Å². The minimum absolute atomic E-state index is 0.0599. The molecule has 0 spiro atoms. The van der Waals surface area contributed by atoms with Crippen LogP contribution in [0.15, 0.2) is 53.6 Å². The number of hydrogen-bond acceptors (Lipinski definition) is 1. The molecule has 0 heterocycles. The molecule has 1 heteroatoms. The fraction of sp³-hybridized carbons (Fsp3) is 0.421. The minimum atomic E-state index is -0.0599. The predicted molar refractivity (Wildman–Crippen MR) is 84.7 cm³/mol. The molecule has 0 radical (unpaired) electrons. The van der Waals surface area contributed by atoms with Crippen LogP contribution in [0.5, 0.6) is 0 Å². The number of hydrogen-bond donors (Lipinski definition) is 0. The van der Waals surface area contributed by atoms with Crippen LogP contribution in [0.1, 0.15) is 45.0 Å². The van der Waals surface area contributed by atoms with E-state index in [2.05, 4.69) is 39.8 Å². The molecule has 0 saturated heterocycles. The molecule has 0 saturated carbocycles. The zero-order valence-corrected chi connectivity index (χ0v) is 13.1. The molecule has 0 amide bonds. The Hall–Kier alpha value is -1.63. The van der Waals surface area contributed by atoms with Crippen molar-refractivity contribution in [2.24, 2.45) is 17.3 Å². The summed E-state index contributed by atoms with van der Waals surface area (Å²) in [7, 11) is 0. The summed E-state index contributed by atoms with van der Waals surface area (Å²) in [5.41, 5.74) is 3.48. The van der Waals surface area contributed by atoms with Crippen LogP contribution in [0.3, 0.4) is 0 Å². The Kier molecular flexibility index (Phi) is 3.99. The van der Waals surface area contributed by atoms with E-state index in [1.54, 1.807) is 0 Å². The Bertz CT molecular complexity index is 555. The van der Waals surface area contributed by atoms with Gasteiger partial charge in [-0.05, 0) is 12.3 Å². The molecule has 1 nitrogen and oxygen atoms in total. The largest absolute Gasteiger partial charge is 0.294 e. The lowest BCUT2D eigenvalue weighted by Crippen LogP contribution is -2.25. The molecular formula is C19H24O. The first-order chi connectivity index (χ1) is 9.30. The molecule has 1 aromatic rings. The Balaban J connectivity index is 2.28. The van der Waals surface area contributed by atoms with E-state index in [0.29, 0.717) is 5.92 Å². The third-order valence-electron chi connectivity index (χ3n) is 4.07. The molecule has 2 atom stereocenters. The van der Waals surface area contributed by atoms with Crippen LogP contribution >= 0.6 is 0 Å². The van der Waals surface area contributed by atoms with Crippen molar-refractivity contribution in [3.8, 4) is 0 Å². The topological polar surface area (TPSA) is 17.1 Å². The van der Waals surface area contributed by atoms with Gasteiger partial charge in [0, 0.05) is 17.4 Å². The highest BCUT2D eigenvalue weighted by Gasteiger charge is 2.34. The summed E-state index contributed by atoms with van der Waals surface area (Å²) in [4.78, 5) is 12.6. The maximum absolute atomic E-state index is 12.6. The van der Waals surface area contributed by atoms with E-state index in [1.165, 1.54) is 11.1 Å². The van der Waals surface area contributed by atoms with Crippen LogP contribution in [-0.2, 0) is 0 Å². The first-order valence-electron chi connectivity index (χ1n) is 7.30. The highest BCUT2D eigenvalue weighted by Crippen LogP contribution is 2.42. The average Bonchev–Trinajstić information content (AvgIpc) is 2.80. The average molecular weight is 268 g/mol. The zero-order valence-electron chi connectivity index (χ0n) is 13.1. The second-order valence-electron chi connectivity index (χ2n) is 6.85. The van der Waals surface area contributed by atoms with E-state index in [4.69, 9.17) is 0 Å². The summed E-state index contributed by atoms with van der Waals surface area (Å²) < 4.78 is 0. The van der Waals surface area contributed by atoms with Crippen molar-refractivity contribution in [1.29, 1.82) is 0 Å². The molecule has 1 aromatic carbocycles. The molecule has 0 aromatic heterocycles. The van der Waals surface area contributed by atoms with Crippen molar-refractivity contribution in [3.63, 3.8) is 0 Å². The van der Waals surface area contributed by atoms with E-state index >= 15 is 0 Å². The molecule has 0 fully saturated rings. The van der Waals surface area contributed by atoms with Gasteiger partial charge in [-0.1, -0.05) is 81.3 Å². The summed E-state index contributed by atoms with van der Waals surface area (Å²) in [6.45, 7) is 10.9. The maximum Gasteiger partial charge on any atom is 0.169 e. The summed E-state index contributed by atoms with van der Waals surface area (Å²) in [5, 5.41) is 0. The lowest BCUT2D eigenvalue weighted by Gasteiger charge is -2.31. The molecule has 1 aliphatic rings. The van der Waals surface area contributed by atoms with Gasteiger partial charge in [0.1, 0.15) is 0 Å². The van der Waals surface area contributed by atoms with Crippen molar-refractivity contribution in [2.45, 2.75) is 34.6 Å². The second kappa shape index (κ2) is 5.40. The summed E-state index contributed by atoms with van der Waals surface area (Å²) in [6.07, 6.45) is 4.49. The van der Waals surface area contributed by atoms with E-state index < -0.39 is 0 Å². The van der Waals surface area contributed by atoms with Crippen LogP contribution in [0.2, 0.25) is 0 Å². The quantitative estimate of drug-likeness (QED) is 0.701. The first-order valence-corrected chi connectivity index (χ1v) is 7.30. The van der Waals surface area contributed by atoms with Gasteiger partial charge < -0.3 is 0 Å². The zero-order chi connectivity index (χ0) is 14.9. The second-order valence-corrected chi connectivity index (χ2v) is 6.85. The molecular weight excluding hydrogens is 244 g/mol. The number of carbonyl (C=O) groups excluding carboxylic acids is 1. The molecule has 2 rings (SSSR count). The molecule has 2 unspecified atom stereocenters. The van der Waals surface area contributed by atoms with Gasteiger partial charge >= 0.3 is 0 Å². The maximum atomic E-state index is 12.6. The minimum Gasteiger partial charge on any atom is -0.294 e. The van der Waals surface area contributed by atoms with E-state index in [9.17, 15) is 4.79 Å². The number of rotatable bonds is 3. The fourth-order valence-corrected chi connectivity index (χ4v) is 2.91.